The zero-order valence-electron chi connectivity index (χ0n) is 11.8. The lowest BCUT2D eigenvalue weighted by atomic mass is 10.2. The third kappa shape index (κ3) is 4.39. The van der Waals surface area contributed by atoms with Crippen molar-refractivity contribution >= 4 is 17.6 Å². The van der Waals surface area contributed by atoms with Crippen LogP contribution in [0, 0.1) is 6.92 Å². The quantitative estimate of drug-likeness (QED) is 0.625. The summed E-state index contributed by atoms with van der Waals surface area (Å²) >= 11 is 5.84. The second-order valence-corrected chi connectivity index (χ2v) is 4.78. The molecule has 0 aliphatic rings. The van der Waals surface area contributed by atoms with Gasteiger partial charge < -0.3 is 14.2 Å². The lowest BCUT2D eigenvalue weighted by Gasteiger charge is -2.09. The summed E-state index contributed by atoms with van der Waals surface area (Å²) in [7, 11) is 1.58. The predicted molar refractivity (Wildman–Crippen MR) is 80.3 cm³/mol. The number of methoxy groups -OCH3 is 1. The van der Waals surface area contributed by atoms with E-state index in [4.69, 9.17) is 25.8 Å². The van der Waals surface area contributed by atoms with Crippen LogP contribution in [0.15, 0.2) is 42.5 Å². The second kappa shape index (κ2) is 6.99. The van der Waals surface area contributed by atoms with E-state index in [2.05, 4.69) is 0 Å². The smallest absolute Gasteiger partial charge is 0.349 e. The Labute approximate surface area is 128 Å². The summed E-state index contributed by atoms with van der Waals surface area (Å²) < 4.78 is 15.6. The molecule has 5 heteroatoms. The molecule has 110 valence electrons. The first-order chi connectivity index (χ1) is 10.1. The summed E-state index contributed by atoms with van der Waals surface area (Å²) in [6, 6.07) is 12.0. The van der Waals surface area contributed by atoms with Gasteiger partial charge in [-0.2, -0.15) is 0 Å². The third-order valence-corrected chi connectivity index (χ3v) is 3.01. The third-order valence-electron chi connectivity index (χ3n) is 2.78. The number of hydrogen-bond donors (Lipinski definition) is 0. The standard InChI is InChI=1S/C16H15ClO4/c1-11-9-12(17)3-8-15(11)21-16(18)10-20-14-6-4-13(19-2)5-7-14/h3-9H,10H2,1-2H3. The highest BCUT2D eigenvalue weighted by molar-refractivity contribution is 6.30. The molecule has 2 rings (SSSR count). The van der Waals surface area contributed by atoms with Gasteiger partial charge in [-0.25, -0.2) is 4.79 Å². The van der Waals surface area contributed by atoms with Gasteiger partial charge in [0.25, 0.3) is 0 Å². The average molecular weight is 307 g/mol. The van der Waals surface area contributed by atoms with Crippen molar-refractivity contribution < 1.29 is 19.0 Å². The van der Waals surface area contributed by atoms with E-state index in [9.17, 15) is 4.79 Å². The molecule has 4 nitrogen and oxygen atoms in total. The Morgan fingerprint density at radius 3 is 2.38 bits per heavy atom. The van der Waals surface area contributed by atoms with Gasteiger partial charge in [-0.15, -0.1) is 0 Å². The highest BCUT2D eigenvalue weighted by Gasteiger charge is 2.08. The maximum absolute atomic E-state index is 11.7. The van der Waals surface area contributed by atoms with Crippen LogP contribution in [-0.2, 0) is 4.79 Å². The number of ether oxygens (including phenoxy) is 3. The number of benzene rings is 2. The summed E-state index contributed by atoms with van der Waals surface area (Å²) in [6.45, 7) is 1.65. The van der Waals surface area contributed by atoms with Gasteiger partial charge in [0.05, 0.1) is 7.11 Å². The lowest BCUT2D eigenvalue weighted by Crippen LogP contribution is -2.18. The Morgan fingerprint density at radius 1 is 1.10 bits per heavy atom. The van der Waals surface area contributed by atoms with E-state index in [0.717, 1.165) is 11.3 Å². The van der Waals surface area contributed by atoms with Gasteiger partial charge in [-0.05, 0) is 55.0 Å². The molecule has 0 amide bonds. The molecule has 2 aromatic carbocycles. The molecular formula is C16H15ClO4. The summed E-state index contributed by atoms with van der Waals surface area (Å²) in [5, 5.41) is 0.599. The number of hydrogen-bond acceptors (Lipinski definition) is 4. The van der Waals surface area contributed by atoms with Crippen LogP contribution in [0.25, 0.3) is 0 Å². The zero-order valence-corrected chi connectivity index (χ0v) is 12.5. The first-order valence-electron chi connectivity index (χ1n) is 6.32. The van der Waals surface area contributed by atoms with E-state index in [0.29, 0.717) is 16.5 Å². The summed E-state index contributed by atoms with van der Waals surface area (Å²) in [6.07, 6.45) is 0. The van der Waals surface area contributed by atoms with Gasteiger partial charge in [0.2, 0.25) is 0 Å². The Balaban J connectivity index is 1.89. The maximum Gasteiger partial charge on any atom is 0.349 e. The monoisotopic (exact) mass is 306 g/mol. The molecule has 0 aliphatic heterocycles. The van der Waals surface area contributed by atoms with E-state index in [-0.39, 0.29) is 6.61 Å². The van der Waals surface area contributed by atoms with Crippen LogP contribution in [-0.4, -0.2) is 19.7 Å². The molecule has 0 bridgehead atoms. The summed E-state index contributed by atoms with van der Waals surface area (Å²) in [4.78, 5) is 11.7. The van der Waals surface area contributed by atoms with Gasteiger partial charge in [-0.3, -0.25) is 0 Å². The number of aryl methyl sites for hydroxylation is 1. The van der Waals surface area contributed by atoms with E-state index in [1.807, 2.05) is 6.92 Å². The molecule has 0 N–H and O–H groups in total. The first-order valence-corrected chi connectivity index (χ1v) is 6.70. The number of esters is 1. The van der Waals surface area contributed by atoms with Crippen LogP contribution >= 0.6 is 11.6 Å². The molecule has 0 aliphatic carbocycles. The Kier molecular flexibility index (Phi) is 5.06. The highest BCUT2D eigenvalue weighted by Crippen LogP contribution is 2.22. The highest BCUT2D eigenvalue weighted by atomic mass is 35.5. The molecule has 0 radical (unpaired) electrons. The largest absolute Gasteiger partial charge is 0.497 e. The second-order valence-electron chi connectivity index (χ2n) is 4.35. The molecule has 21 heavy (non-hydrogen) atoms. The average Bonchev–Trinajstić information content (AvgIpc) is 2.48. The SMILES string of the molecule is COc1ccc(OCC(=O)Oc2ccc(Cl)cc2C)cc1. The van der Waals surface area contributed by atoms with Gasteiger partial charge in [0, 0.05) is 5.02 Å². The normalized spacial score (nSPS) is 10.0. The molecule has 0 saturated heterocycles. The van der Waals surface area contributed by atoms with Crippen LogP contribution in [0.3, 0.4) is 0 Å². The molecule has 0 aromatic heterocycles. The fourth-order valence-electron chi connectivity index (χ4n) is 1.69. The van der Waals surface area contributed by atoms with E-state index in [1.54, 1.807) is 49.6 Å². The fourth-order valence-corrected chi connectivity index (χ4v) is 1.92. The molecular weight excluding hydrogens is 292 g/mol. The van der Waals surface area contributed by atoms with Crippen molar-refractivity contribution in [1.82, 2.24) is 0 Å². The van der Waals surface area contributed by atoms with Gasteiger partial charge in [-0.1, -0.05) is 11.6 Å². The number of carbonyl (C=O) groups is 1. The topological polar surface area (TPSA) is 44.8 Å². The van der Waals surface area contributed by atoms with Crippen LogP contribution in [0.4, 0.5) is 0 Å². The summed E-state index contributed by atoms with van der Waals surface area (Å²) in [5.41, 5.74) is 0.792. The Morgan fingerprint density at radius 2 is 1.76 bits per heavy atom. The summed E-state index contributed by atoms with van der Waals surface area (Å²) in [5.74, 6) is 1.29. The predicted octanol–water partition coefficient (Wildman–Crippen LogP) is 3.64. The molecule has 0 fully saturated rings. The van der Waals surface area contributed by atoms with E-state index < -0.39 is 5.97 Å². The molecule has 0 heterocycles. The van der Waals surface area contributed by atoms with Gasteiger partial charge in [0.1, 0.15) is 17.2 Å². The van der Waals surface area contributed by atoms with Crippen molar-refractivity contribution in [2.24, 2.45) is 0 Å². The Bertz CT molecular complexity index is 623. The van der Waals surface area contributed by atoms with E-state index >= 15 is 0 Å². The number of halogens is 1. The van der Waals surface area contributed by atoms with E-state index in [1.165, 1.54) is 0 Å². The minimum absolute atomic E-state index is 0.172. The molecule has 0 saturated carbocycles. The molecule has 0 spiro atoms. The van der Waals surface area contributed by atoms with Crippen LogP contribution in [0.5, 0.6) is 17.2 Å². The molecule has 0 atom stereocenters. The van der Waals surface area contributed by atoms with Crippen molar-refractivity contribution in [3.05, 3.63) is 53.1 Å². The Hall–Kier alpha value is -2.20. The van der Waals surface area contributed by atoms with Crippen molar-refractivity contribution in [3.63, 3.8) is 0 Å². The minimum atomic E-state index is -0.476. The van der Waals surface area contributed by atoms with Crippen molar-refractivity contribution in [3.8, 4) is 17.2 Å². The van der Waals surface area contributed by atoms with Gasteiger partial charge >= 0.3 is 5.97 Å². The fraction of sp³-hybridized carbons (Fsp3) is 0.188. The minimum Gasteiger partial charge on any atom is -0.497 e. The maximum atomic E-state index is 11.7. The van der Waals surface area contributed by atoms with Gasteiger partial charge in [0.15, 0.2) is 6.61 Å². The van der Waals surface area contributed by atoms with Crippen LogP contribution in [0.1, 0.15) is 5.56 Å². The first kappa shape index (κ1) is 15.2. The number of carbonyl (C=O) groups excluding carboxylic acids is 1. The molecule has 2 aromatic rings. The zero-order chi connectivity index (χ0) is 15.2. The van der Waals surface area contributed by atoms with Crippen molar-refractivity contribution in [2.45, 2.75) is 6.92 Å². The lowest BCUT2D eigenvalue weighted by molar-refractivity contribution is -0.136. The van der Waals surface area contributed by atoms with Crippen molar-refractivity contribution in [1.29, 1.82) is 0 Å². The van der Waals surface area contributed by atoms with Crippen molar-refractivity contribution in [2.75, 3.05) is 13.7 Å². The number of rotatable bonds is 5. The molecule has 0 unspecified atom stereocenters. The van der Waals surface area contributed by atoms with Crippen LogP contribution in [0.2, 0.25) is 5.02 Å². The van der Waals surface area contributed by atoms with Crippen LogP contribution < -0.4 is 14.2 Å².